The van der Waals surface area contributed by atoms with Crippen LogP contribution in [0.25, 0.3) is 0 Å². The lowest BCUT2D eigenvalue weighted by Crippen LogP contribution is -2.37. The first-order valence-electron chi connectivity index (χ1n) is 9.03. The van der Waals surface area contributed by atoms with Crippen LogP contribution in [0.1, 0.15) is 38.2 Å². The number of unbranched alkanes of at least 4 members (excludes halogenated alkanes) is 1. The summed E-state index contributed by atoms with van der Waals surface area (Å²) < 4.78 is 13.6. The molecule has 1 unspecified atom stereocenters. The molecule has 1 aromatic carbocycles. The second-order valence-electron chi connectivity index (χ2n) is 6.95. The molecule has 6 heteroatoms. The Balaban J connectivity index is 1.64. The molecule has 0 saturated carbocycles. The van der Waals surface area contributed by atoms with Crippen molar-refractivity contribution >= 4 is 17.5 Å². The number of anilines is 1. The van der Waals surface area contributed by atoms with Gasteiger partial charge in [-0.15, -0.1) is 0 Å². The van der Waals surface area contributed by atoms with E-state index in [4.69, 9.17) is 0 Å². The number of nitrogens with zero attached hydrogens (tertiary/aromatic N) is 1. The first-order chi connectivity index (χ1) is 12.0. The molecule has 1 fully saturated rings. The lowest BCUT2D eigenvalue weighted by molar-refractivity contribution is -0.136. The standard InChI is InChI=1S/C19H28FN3O2/c1-14-7-8-16(20)17(12-14)22-19(25)18(24)21-9-3-4-10-23-11-5-6-15(2)13-23/h7-8,12,15H,3-6,9-11,13H2,1-2H3,(H,21,24)(H,22,25). The van der Waals surface area contributed by atoms with Gasteiger partial charge in [-0.25, -0.2) is 4.39 Å². The summed E-state index contributed by atoms with van der Waals surface area (Å²) in [5.41, 5.74) is 0.837. The van der Waals surface area contributed by atoms with Gasteiger partial charge in [-0.05, 0) is 69.3 Å². The monoisotopic (exact) mass is 349 g/mol. The maximum atomic E-state index is 13.6. The van der Waals surface area contributed by atoms with E-state index in [0.717, 1.165) is 44.0 Å². The largest absolute Gasteiger partial charge is 0.348 e. The van der Waals surface area contributed by atoms with Crippen LogP contribution in [0.2, 0.25) is 0 Å². The number of rotatable bonds is 6. The van der Waals surface area contributed by atoms with Crippen LogP contribution in [0.5, 0.6) is 0 Å². The van der Waals surface area contributed by atoms with Gasteiger partial charge in [-0.1, -0.05) is 13.0 Å². The minimum atomic E-state index is -0.839. The topological polar surface area (TPSA) is 61.4 Å². The SMILES string of the molecule is Cc1ccc(F)c(NC(=O)C(=O)NCCCCN2CCCC(C)C2)c1. The van der Waals surface area contributed by atoms with Crippen molar-refractivity contribution in [3.8, 4) is 0 Å². The normalized spacial score (nSPS) is 18.0. The zero-order chi connectivity index (χ0) is 18.2. The van der Waals surface area contributed by atoms with Gasteiger partial charge in [0.2, 0.25) is 0 Å². The Labute approximate surface area is 149 Å². The average molecular weight is 349 g/mol. The smallest absolute Gasteiger partial charge is 0.313 e. The molecule has 0 aromatic heterocycles. The molecule has 5 nitrogen and oxygen atoms in total. The Bertz CT molecular complexity index is 606. The number of amides is 2. The van der Waals surface area contributed by atoms with Crippen molar-refractivity contribution in [2.75, 3.05) is 31.5 Å². The van der Waals surface area contributed by atoms with E-state index < -0.39 is 17.6 Å². The van der Waals surface area contributed by atoms with Gasteiger partial charge in [0.05, 0.1) is 5.69 Å². The first kappa shape index (κ1) is 19.4. The van der Waals surface area contributed by atoms with Crippen molar-refractivity contribution in [1.82, 2.24) is 10.2 Å². The van der Waals surface area contributed by atoms with Crippen molar-refractivity contribution < 1.29 is 14.0 Å². The maximum absolute atomic E-state index is 13.6. The predicted octanol–water partition coefficient (Wildman–Crippen LogP) is 2.70. The number of aryl methyl sites for hydroxylation is 1. The van der Waals surface area contributed by atoms with E-state index >= 15 is 0 Å². The van der Waals surface area contributed by atoms with Crippen LogP contribution in [-0.4, -0.2) is 42.9 Å². The first-order valence-corrected chi connectivity index (χ1v) is 9.03. The summed E-state index contributed by atoms with van der Waals surface area (Å²) >= 11 is 0. The molecule has 2 rings (SSSR count). The number of piperidine rings is 1. The molecule has 2 N–H and O–H groups in total. The summed E-state index contributed by atoms with van der Waals surface area (Å²) in [4.78, 5) is 26.1. The quantitative estimate of drug-likeness (QED) is 0.613. The molecule has 1 saturated heterocycles. The van der Waals surface area contributed by atoms with E-state index in [1.165, 1.54) is 25.0 Å². The highest BCUT2D eigenvalue weighted by Gasteiger charge is 2.17. The molecule has 1 aliphatic heterocycles. The Morgan fingerprint density at radius 1 is 1.28 bits per heavy atom. The third-order valence-corrected chi connectivity index (χ3v) is 4.50. The van der Waals surface area contributed by atoms with E-state index in [1.54, 1.807) is 13.0 Å². The average Bonchev–Trinajstić information content (AvgIpc) is 2.57. The third-order valence-electron chi connectivity index (χ3n) is 4.50. The zero-order valence-electron chi connectivity index (χ0n) is 15.1. The van der Waals surface area contributed by atoms with Crippen molar-refractivity contribution in [2.45, 2.75) is 39.5 Å². The number of hydrogen-bond acceptors (Lipinski definition) is 3. The predicted molar refractivity (Wildman–Crippen MR) is 96.8 cm³/mol. The number of likely N-dealkylation sites (tertiary alicyclic amines) is 1. The number of carbonyl (C=O) groups excluding carboxylic acids is 2. The summed E-state index contributed by atoms with van der Waals surface area (Å²) in [5, 5.41) is 4.91. The minimum Gasteiger partial charge on any atom is -0.348 e. The molecule has 2 amide bonds. The van der Waals surface area contributed by atoms with Gasteiger partial charge in [0.25, 0.3) is 0 Å². The van der Waals surface area contributed by atoms with Crippen LogP contribution in [0, 0.1) is 18.7 Å². The molecule has 0 bridgehead atoms. The van der Waals surface area contributed by atoms with E-state index in [9.17, 15) is 14.0 Å². The number of carbonyl (C=O) groups is 2. The van der Waals surface area contributed by atoms with Crippen molar-refractivity contribution in [3.63, 3.8) is 0 Å². The molecule has 1 aromatic rings. The highest BCUT2D eigenvalue weighted by Crippen LogP contribution is 2.16. The Hall–Kier alpha value is -1.95. The highest BCUT2D eigenvalue weighted by molar-refractivity contribution is 6.39. The van der Waals surface area contributed by atoms with Crippen molar-refractivity contribution in [2.24, 2.45) is 5.92 Å². The van der Waals surface area contributed by atoms with Gasteiger partial charge in [0.1, 0.15) is 5.82 Å². The third kappa shape index (κ3) is 6.46. The van der Waals surface area contributed by atoms with Crippen LogP contribution in [0.15, 0.2) is 18.2 Å². The number of halogens is 1. The Morgan fingerprint density at radius 2 is 2.08 bits per heavy atom. The highest BCUT2D eigenvalue weighted by atomic mass is 19.1. The van der Waals surface area contributed by atoms with Crippen molar-refractivity contribution in [3.05, 3.63) is 29.6 Å². The molecule has 1 aliphatic rings. The molecular weight excluding hydrogens is 321 g/mol. The summed E-state index contributed by atoms with van der Waals surface area (Å²) in [5.74, 6) is -1.36. The number of benzene rings is 1. The van der Waals surface area contributed by atoms with Gasteiger partial charge in [-0.3, -0.25) is 9.59 Å². The van der Waals surface area contributed by atoms with Gasteiger partial charge in [0.15, 0.2) is 0 Å². The zero-order valence-corrected chi connectivity index (χ0v) is 15.1. The minimum absolute atomic E-state index is 0.0272. The molecule has 138 valence electrons. The van der Waals surface area contributed by atoms with E-state index in [2.05, 4.69) is 22.5 Å². The molecule has 0 radical (unpaired) electrons. The van der Waals surface area contributed by atoms with Crippen LogP contribution >= 0.6 is 0 Å². The fourth-order valence-corrected chi connectivity index (χ4v) is 3.15. The van der Waals surface area contributed by atoms with E-state index in [1.807, 2.05) is 0 Å². The number of hydrogen-bond donors (Lipinski definition) is 2. The van der Waals surface area contributed by atoms with Crippen LogP contribution in [-0.2, 0) is 9.59 Å². The lowest BCUT2D eigenvalue weighted by Gasteiger charge is -2.30. The summed E-state index contributed by atoms with van der Waals surface area (Å²) in [7, 11) is 0. The van der Waals surface area contributed by atoms with Crippen LogP contribution in [0.3, 0.4) is 0 Å². The summed E-state index contributed by atoms with van der Waals surface area (Å²) in [6, 6.07) is 4.37. The number of nitrogens with one attached hydrogen (secondary N) is 2. The molecule has 0 spiro atoms. The van der Waals surface area contributed by atoms with Gasteiger partial charge in [-0.2, -0.15) is 0 Å². The van der Waals surface area contributed by atoms with E-state index in [0.29, 0.717) is 6.54 Å². The fourth-order valence-electron chi connectivity index (χ4n) is 3.15. The lowest BCUT2D eigenvalue weighted by atomic mass is 10.0. The molecule has 1 heterocycles. The molecule has 1 atom stereocenters. The maximum Gasteiger partial charge on any atom is 0.313 e. The molecular formula is C19H28FN3O2. The van der Waals surface area contributed by atoms with Crippen LogP contribution in [0.4, 0.5) is 10.1 Å². The van der Waals surface area contributed by atoms with Gasteiger partial charge in [0, 0.05) is 13.1 Å². The Kier molecular flexibility index (Phi) is 7.37. The summed E-state index contributed by atoms with van der Waals surface area (Å²) in [6.45, 7) is 7.85. The van der Waals surface area contributed by atoms with Crippen molar-refractivity contribution in [1.29, 1.82) is 0 Å². The van der Waals surface area contributed by atoms with E-state index in [-0.39, 0.29) is 5.69 Å². The molecule has 0 aliphatic carbocycles. The van der Waals surface area contributed by atoms with Gasteiger partial charge >= 0.3 is 11.8 Å². The fraction of sp³-hybridized carbons (Fsp3) is 0.579. The molecule has 25 heavy (non-hydrogen) atoms. The van der Waals surface area contributed by atoms with Gasteiger partial charge < -0.3 is 15.5 Å². The second kappa shape index (κ2) is 9.51. The summed E-state index contributed by atoms with van der Waals surface area (Å²) in [6.07, 6.45) is 4.38. The second-order valence-corrected chi connectivity index (χ2v) is 6.95. The Morgan fingerprint density at radius 3 is 2.84 bits per heavy atom. The van der Waals surface area contributed by atoms with Crippen LogP contribution < -0.4 is 10.6 Å².